The second-order valence-electron chi connectivity index (χ2n) is 4.89. The second kappa shape index (κ2) is 5.47. The van der Waals surface area contributed by atoms with Crippen molar-refractivity contribution >= 4 is 5.97 Å². The van der Waals surface area contributed by atoms with Gasteiger partial charge in [0.05, 0.1) is 18.8 Å². The first-order chi connectivity index (χ1) is 10.2. The highest BCUT2D eigenvalue weighted by Crippen LogP contribution is 2.40. The lowest BCUT2D eigenvalue weighted by Crippen LogP contribution is -2.25. The van der Waals surface area contributed by atoms with Gasteiger partial charge < -0.3 is 19.1 Å². The lowest BCUT2D eigenvalue weighted by atomic mass is 9.96. The summed E-state index contributed by atoms with van der Waals surface area (Å²) in [5.74, 6) is 0.375. The summed E-state index contributed by atoms with van der Waals surface area (Å²) < 4.78 is 16.4. The number of rotatable bonds is 5. The van der Waals surface area contributed by atoms with E-state index in [1.54, 1.807) is 25.3 Å². The van der Waals surface area contributed by atoms with Crippen LogP contribution in [0.3, 0.4) is 0 Å². The molecule has 1 saturated carbocycles. The largest absolute Gasteiger partial charge is 0.493 e. The lowest BCUT2D eigenvalue weighted by molar-refractivity contribution is 0.0686. The first-order valence-corrected chi connectivity index (χ1v) is 6.73. The number of carbonyl (C=O) groups is 1. The van der Waals surface area contributed by atoms with Crippen LogP contribution in [0.5, 0.6) is 11.5 Å². The van der Waals surface area contributed by atoms with Crippen molar-refractivity contribution in [3.63, 3.8) is 0 Å². The number of nitrogens with zero attached hydrogens (tertiary/aromatic N) is 1. The fraction of sp³-hybridized carbons (Fsp3) is 0.333. The Labute approximate surface area is 121 Å². The molecular formula is C15H15NO5. The first kappa shape index (κ1) is 13.5. The van der Waals surface area contributed by atoms with Gasteiger partial charge in [-0.15, -0.1) is 0 Å². The van der Waals surface area contributed by atoms with Gasteiger partial charge in [-0.3, -0.25) is 0 Å². The molecule has 110 valence electrons. The summed E-state index contributed by atoms with van der Waals surface area (Å²) in [4.78, 5) is 10.9. The fourth-order valence-corrected chi connectivity index (χ4v) is 2.15. The average molecular weight is 289 g/mol. The minimum atomic E-state index is -1.13. The van der Waals surface area contributed by atoms with E-state index in [2.05, 4.69) is 5.16 Å². The van der Waals surface area contributed by atoms with Crippen LogP contribution in [0.2, 0.25) is 0 Å². The molecular weight excluding hydrogens is 274 g/mol. The van der Waals surface area contributed by atoms with E-state index >= 15 is 0 Å². The second-order valence-corrected chi connectivity index (χ2v) is 4.89. The normalized spacial score (nSPS) is 14.5. The average Bonchev–Trinajstić information content (AvgIpc) is 2.92. The van der Waals surface area contributed by atoms with Gasteiger partial charge in [-0.05, 0) is 31.4 Å². The number of aromatic nitrogens is 1. The molecule has 6 nitrogen and oxygen atoms in total. The molecule has 1 heterocycles. The van der Waals surface area contributed by atoms with Crippen LogP contribution in [0.15, 0.2) is 28.8 Å². The van der Waals surface area contributed by atoms with E-state index in [1.165, 1.54) is 6.07 Å². The van der Waals surface area contributed by atoms with E-state index in [1.807, 2.05) is 0 Å². The van der Waals surface area contributed by atoms with E-state index in [-0.39, 0.29) is 11.8 Å². The number of hydrogen-bond acceptors (Lipinski definition) is 5. The van der Waals surface area contributed by atoms with Crippen LogP contribution < -0.4 is 9.47 Å². The zero-order valence-corrected chi connectivity index (χ0v) is 11.5. The highest BCUT2D eigenvalue weighted by Gasteiger charge is 2.24. The van der Waals surface area contributed by atoms with E-state index in [0.29, 0.717) is 22.8 Å². The van der Waals surface area contributed by atoms with Gasteiger partial charge in [0.2, 0.25) is 0 Å². The molecule has 0 amide bonds. The van der Waals surface area contributed by atoms with Crippen molar-refractivity contribution in [2.75, 3.05) is 7.11 Å². The Bertz CT molecular complexity index is 660. The third-order valence-electron chi connectivity index (χ3n) is 3.53. The molecule has 1 aliphatic rings. The van der Waals surface area contributed by atoms with E-state index in [9.17, 15) is 4.79 Å². The Morgan fingerprint density at radius 3 is 2.81 bits per heavy atom. The molecule has 0 atom stereocenters. The molecule has 3 rings (SSSR count). The number of carboxylic acid groups (broad SMARTS) is 1. The standard InChI is InChI=1S/C15H15NO5/c1-19-12-7-3-6-10(14(12)20-9-4-2-5-9)13-8-11(15(17)18)16-21-13/h3,6-9H,2,4-5H2,1H3,(H,17,18). The van der Waals surface area contributed by atoms with Crippen LogP contribution in [0.4, 0.5) is 0 Å². The number of aromatic carboxylic acids is 1. The van der Waals surface area contributed by atoms with Gasteiger partial charge in [0.1, 0.15) is 0 Å². The van der Waals surface area contributed by atoms with Crippen molar-refractivity contribution in [1.82, 2.24) is 5.16 Å². The van der Waals surface area contributed by atoms with E-state index in [4.69, 9.17) is 19.1 Å². The SMILES string of the molecule is COc1cccc(-c2cc(C(=O)O)no2)c1OC1CCC1. The minimum Gasteiger partial charge on any atom is -0.493 e. The molecule has 1 fully saturated rings. The maximum Gasteiger partial charge on any atom is 0.358 e. The van der Waals surface area contributed by atoms with Gasteiger partial charge in [0.25, 0.3) is 0 Å². The van der Waals surface area contributed by atoms with Crippen molar-refractivity contribution in [2.45, 2.75) is 25.4 Å². The van der Waals surface area contributed by atoms with Crippen LogP contribution in [0, 0.1) is 0 Å². The Hall–Kier alpha value is -2.50. The maximum absolute atomic E-state index is 10.9. The van der Waals surface area contributed by atoms with Crippen LogP contribution >= 0.6 is 0 Å². The topological polar surface area (TPSA) is 81.8 Å². The quantitative estimate of drug-likeness (QED) is 0.911. The number of carboxylic acids is 1. The Balaban J connectivity index is 2.00. The molecule has 0 saturated heterocycles. The fourth-order valence-electron chi connectivity index (χ4n) is 2.15. The molecule has 1 aromatic heterocycles. The number of methoxy groups -OCH3 is 1. The van der Waals surface area contributed by atoms with Gasteiger partial charge >= 0.3 is 5.97 Å². The summed E-state index contributed by atoms with van der Waals surface area (Å²) >= 11 is 0. The third kappa shape index (κ3) is 2.56. The molecule has 1 aromatic carbocycles. The summed E-state index contributed by atoms with van der Waals surface area (Å²) in [5, 5.41) is 12.5. The van der Waals surface area contributed by atoms with Crippen LogP contribution in [-0.2, 0) is 0 Å². The summed E-state index contributed by atoms with van der Waals surface area (Å²) in [6.45, 7) is 0. The van der Waals surface area contributed by atoms with Gasteiger partial charge in [-0.2, -0.15) is 0 Å². The predicted molar refractivity (Wildman–Crippen MR) is 73.7 cm³/mol. The highest BCUT2D eigenvalue weighted by atomic mass is 16.5. The molecule has 0 bridgehead atoms. The summed E-state index contributed by atoms with van der Waals surface area (Å²) in [7, 11) is 1.57. The van der Waals surface area contributed by atoms with Crippen LogP contribution in [0.1, 0.15) is 29.8 Å². The van der Waals surface area contributed by atoms with Gasteiger partial charge in [0, 0.05) is 6.07 Å². The van der Waals surface area contributed by atoms with Crippen molar-refractivity contribution in [2.24, 2.45) is 0 Å². The van der Waals surface area contributed by atoms with E-state index in [0.717, 1.165) is 19.3 Å². The maximum atomic E-state index is 10.9. The predicted octanol–water partition coefficient (Wildman–Crippen LogP) is 2.98. The molecule has 1 aliphatic carbocycles. The lowest BCUT2D eigenvalue weighted by Gasteiger charge is -2.28. The monoisotopic (exact) mass is 289 g/mol. The molecule has 0 spiro atoms. The summed E-state index contributed by atoms with van der Waals surface area (Å²) in [5.41, 5.74) is 0.503. The van der Waals surface area contributed by atoms with Gasteiger partial charge in [-0.1, -0.05) is 11.2 Å². The molecule has 2 aromatic rings. The van der Waals surface area contributed by atoms with Crippen molar-refractivity contribution in [1.29, 1.82) is 0 Å². The molecule has 0 unspecified atom stereocenters. The number of benzene rings is 1. The number of hydrogen-bond donors (Lipinski definition) is 1. The Morgan fingerprint density at radius 2 is 2.24 bits per heavy atom. The van der Waals surface area contributed by atoms with Gasteiger partial charge in [-0.25, -0.2) is 4.79 Å². The molecule has 0 radical (unpaired) electrons. The van der Waals surface area contributed by atoms with Crippen LogP contribution in [0.25, 0.3) is 11.3 Å². The first-order valence-electron chi connectivity index (χ1n) is 6.73. The Kier molecular flexibility index (Phi) is 3.51. The summed E-state index contributed by atoms with van der Waals surface area (Å²) in [6, 6.07) is 6.77. The zero-order valence-electron chi connectivity index (χ0n) is 11.5. The Morgan fingerprint density at radius 1 is 1.43 bits per heavy atom. The number of ether oxygens (including phenoxy) is 2. The van der Waals surface area contributed by atoms with Crippen molar-refractivity contribution in [3.8, 4) is 22.8 Å². The molecule has 21 heavy (non-hydrogen) atoms. The van der Waals surface area contributed by atoms with Gasteiger partial charge in [0.15, 0.2) is 23.0 Å². The minimum absolute atomic E-state index is 0.137. The summed E-state index contributed by atoms with van der Waals surface area (Å²) in [6.07, 6.45) is 3.34. The molecule has 0 aliphatic heterocycles. The van der Waals surface area contributed by atoms with Crippen molar-refractivity contribution < 1.29 is 23.9 Å². The van der Waals surface area contributed by atoms with E-state index < -0.39 is 5.97 Å². The third-order valence-corrected chi connectivity index (χ3v) is 3.53. The van der Waals surface area contributed by atoms with Crippen LogP contribution in [-0.4, -0.2) is 29.4 Å². The number of para-hydroxylation sites is 1. The molecule has 6 heteroatoms. The highest BCUT2D eigenvalue weighted by molar-refractivity contribution is 5.87. The van der Waals surface area contributed by atoms with Crippen molar-refractivity contribution in [3.05, 3.63) is 30.0 Å². The zero-order chi connectivity index (χ0) is 14.8. The smallest absolute Gasteiger partial charge is 0.358 e. The molecule has 1 N–H and O–H groups in total.